The van der Waals surface area contributed by atoms with Gasteiger partial charge in [0.2, 0.25) is 9.84 Å². The van der Waals surface area contributed by atoms with Gasteiger partial charge in [0.15, 0.2) is 12.0 Å². The molecule has 0 spiro atoms. The molecular weight excluding hydrogens is 670 g/mol. The zero-order chi connectivity index (χ0) is 32.0. The van der Waals surface area contributed by atoms with Crippen LogP contribution in [0.4, 0.5) is 11.4 Å². The van der Waals surface area contributed by atoms with Crippen molar-refractivity contribution in [1.82, 2.24) is 0 Å². The second-order valence-corrected chi connectivity index (χ2v) is 12.8. The third-order valence-corrected chi connectivity index (χ3v) is 9.16. The van der Waals surface area contributed by atoms with E-state index in [1.54, 1.807) is 42.5 Å². The molecular formula is C30H24Cl4N4O5S. The van der Waals surface area contributed by atoms with Crippen LogP contribution < -0.4 is 16.4 Å². The van der Waals surface area contributed by atoms with Crippen LogP contribution in [0.25, 0.3) is 0 Å². The molecule has 0 aliphatic carbocycles. The van der Waals surface area contributed by atoms with Gasteiger partial charge in [0.1, 0.15) is 0 Å². The quantitative estimate of drug-likeness (QED) is 0.0985. The number of anilines is 2. The Morgan fingerprint density at radius 2 is 1.48 bits per heavy atom. The number of amides is 1. The number of carbonyl (C=O) groups is 2. The summed E-state index contributed by atoms with van der Waals surface area (Å²) in [5, 5.41) is 6.52. The number of methoxy groups -OCH3 is 1. The van der Waals surface area contributed by atoms with E-state index in [1.807, 2.05) is 0 Å². The highest BCUT2D eigenvalue weighted by atomic mass is 35.5. The van der Waals surface area contributed by atoms with Crippen molar-refractivity contribution in [2.75, 3.05) is 17.7 Å². The van der Waals surface area contributed by atoms with Crippen LogP contribution in [0.5, 0.6) is 0 Å². The average molecular weight is 694 g/mol. The zero-order valence-corrected chi connectivity index (χ0v) is 26.7. The maximum atomic E-state index is 13.4. The normalized spacial score (nSPS) is 12.3. The monoisotopic (exact) mass is 692 g/mol. The van der Waals surface area contributed by atoms with Gasteiger partial charge in [0.25, 0.3) is 5.91 Å². The first kappa shape index (κ1) is 33.1. The number of sulfone groups is 1. The molecule has 4 rings (SSSR count). The minimum atomic E-state index is -4.01. The number of halogens is 4. The largest absolute Gasteiger partial charge is 0.467 e. The van der Waals surface area contributed by atoms with E-state index in [0.29, 0.717) is 16.3 Å². The van der Waals surface area contributed by atoms with Crippen molar-refractivity contribution in [3.05, 3.63) is 116 Å². The molecule has 4 aromatic rings. The molecule has 0 unspecified atom stereocenters. The maximum absolute atomic E-state index is 13.4. The fourth-order valence-corrected chi connectivity index (χ4v) is 6.35. The first-order valence-electron chi connectivity index (χ1n) is 12.7. The average Bonchev–Trinajstić information content (AvgIpc) is 2.97. The van der Waals surface area contributed by atoms with Gasteiger partial charge in [0, 0.05) is 22.2 Å². The lowest BCUT2D eigenvalue weighted by Gasteiger charge is -2.16. The standard InChI is InChI=1S/C30H24Cl4N4O5S/c1-43-29(40)25(15-17-5-10-20(11-6-17)36-28(39)27-22(33)3-2-4-23(27)34)38-30(35)37-24-16-19(32)9-14-26(24)44(41,42)21-12-7-18(31)8-13-21/h2-14,16,25H,15H2,1H3,(H,36,39)(H3,35,37,38)/t25-/m0/s1. The summed E-state index contributed by atoms with van der Waals surface area (Å²) in [4.78, 5) is 29.4. The maximum Gasteiger partial charge on any atom is 0.331 e. The van der Waals surface area contributed by atoms with Crippen LogP contribution in [-0.2, 0) is 25.8 Å². The number of nitrogens with zero attached hydrogens (tertiary/aromatic N) is 1. The Morgan fingerprint density at radius 3 is 2.09 bits per heavy atom. The van der Waals surface area contributed by atoms with E-state index in [1.165, 1.54) is 49.6 Å². The SMILES string of the molecule is COC(=O)[C@H](Cc1ccc(NC(=O)c2c(Cl)cccc2Cl)cc1)N=C(N)Nc1cc(Cl)ccc1S(=O)(=O)c1ccc(Cl)cc1. The van der Waals surface area contributed by atoms with Crippen molar-refractivity contribution in [1.29, 1.82) is 0 Å². The molecule has 0 aliphatic heterocycles. The molecule has 9 nitrogen and oxygen atoms in total. The van der Waals surface area contributed by atoms with Gasteiger partial charge in [-0.25, -0.2) is 18.2 Å². The zero-order valence-electron chi connectivity index (χ0n) is 22.9. The first-order chi connectivity index (χ1) is 20.9. The highest BCUT2D eigenvalue weighted by molar-refractivity contribution is 7.91. The van der Waals surface area contributed by atoms with Crippen LogP contribution in [-0.4, -0.2) is 39.4 Å². The summed E-state index contributed by atoms with van der Waals surface area (Å²) in [7, 11) is -2.80. The molecule has 0 saturated heterocycles. The van der Waals surface area contributed by atoms with Crippen LogP contribution in [0.1, 0.15) is 15.9 Å². The van der Waals surface area contributed by atoms with Gasteiger partial charge in [-0.1, -0.05) is 64.6 Å². The summed E-state index contributed by atoms with van der Waals surface area (Å²) in [6.07, 6.45) is 0.0745. The highest BCUT2D eigenvalue weighted by Crippen LogP contribution is 2.31. The van der Waals surface area contributed by atoms with Gasteiger partial charge in [0.05, 0.1) is 38.2 Å². The van der Waals surface area contributed by atoms with Crippen molar-refractivity contribution >= 4 is 85.5 Å². The molecule has 0 aliphatic rings. The molecule has 0 radical (unpaired) electrons. The van der Waals surface area contributed by atoms with E-state index >= 15 is 0 Å². The smallest absolute Gasteiger partial charge is 0.331 e. The van der Waals surface area contributed by atoms with Crippen molar-refractivity contribution in [2.45, 2.75) is 22.3 Å². The predicted octanol–water partition coefficient (Wildman–Crippen LogP) is 6.90. The van der Waals surface area contributed by atoms with E-state index in [4.69, 9.17) is 56.9 Å². The van der Waals surface area contributed by atoms with E-state index in [-0.39, 0.29) is 48.5 Å². The minimum absolute atomic E-state index is 0.00446. The predicted molar refractivity (Wildman–Crippen MR) is 174 cm³/mol. The summed E-state index contributed by atoms with van der Waals surface area (Å²) >= 11 is 24.3. The fraction of sp³-hybridized carbons (Fsp3) is 0.100. The number of esters is 1. The molecule has 1 amide bonds. The summed E-state index contributed by atoms with van der Waals surface area (Å²) in [6.45, 7) is 0. The molecule has 0 bridgehead atoms. The molecule has 228 valence electrons. The van der Waals surface area contributed by atoms with Crippen LogP contribution in [0, 0.1) is 0 Å². The van der Waals surface area contributed by atoms with Crippen molar-refractivity contribution in [2.24, 2.45) is 10.7 Å². The first-order valence-corrected chi connectivity index (χ1v) is 15.7. The van der Waals surface area contributed by atoms with Crippen LogP contribution >= 0.6 is 46.4 Å². The van der Waals surface area contributed by atoms with E-state index in [0.717, 1.165) is 0 Å². The van der Waals surface area contributed by atoms with E-state index < -0.39 is 27.8 Å². The molecule has 0 fully saturated rings. The van der Waals surface area contributed by atoms with Gasteiger partial charge in [-0.15, -0.1) is 0 Å². The molecule has 14 heteroatoms. The summed E-state index contributed by atoms with van der Waals surface area (Å²) in [6, 6.07) is 20.1. The Kier molecular flexibility index (Phi) is 10.8. The molecule has 44 heavy (non-hydrogen) atoms. The third-order valence-electron chi connectivity index (χ3n) is 6.22. The van der Waals surface area contributed by atoms with E-state index in [2.05, 4.69) is 15.6 Å². The molecule has 4 aromatic carbocycles. The van der Waals surface area contributed by atoms with Crippen LogP contribution in [0.2, 0.25) is 20.1 Å². The lowest BCUT2D eigenvalue weighted by molar-refractivity contribution is -0.142. The van der Waals surface area contributed by atoms with Crippen LogP contribution in [0.3, 0.4) is 0 Å². The van der Waals surface area contributed by atoms with Gasteiger partial charge < -0.3 is 21.1 Å². The Morgan fingerprint density at radius 1 is 0.864 bits per heavy atom. The van der Waals surface area contributed by atoms with Gasteiger partial charge in [-0.2, -0.15) is 0 Å². The second-order valence-electron chi connectivity index (χ2n) is 9.23. The number of carbonyl (C=O) groups excluding carboxylic acids is 2. The fourth-order valence-electron chi connectivity index (χ4n) is 4.09. The van der Waals surface area contributed by atoms with Gasteiger partial charge in [-0.05, 0) is 72.3 Å². The molecule has 0 saturated carbocycles. The number of guanidine groups is 1. The summed E-state index contributed by atoms with van der Waals surface area (Å²) < 4.78 is 31.6. The molecule has 4 N–H and O–H groups in total. The highest BCUT2D eigenvalue weighted by Gasteiger charge is 2.24. The van der Waals surface area contributed by atoms with Crippen molar-refractivity contribution in [3.8, 4) is 0 Å². The van der Waals surface area contributed by atoms with Crippen molar-refractivity contribution in [3.63, 3.8) is 0 Å². The minimum Gasteiger partial charge on any atom is -0.467 e. The van der Waals surface area contributed by atoms with Crippen molar-refractivity contribution < 1.29 is 22.7 Å². The number of hydrogen-bond donors (Lipinski definition) is 3. The Bertz CT molecular complexity index is 1810. The number of aliphatic imine (C=N–C) groups is 1. The number of hydrogen-bond acceptors (Lipinski definition) is 6. The lowest BCUT2D eigenvalue weighted by atomic mass is 10.1. The topological polar surface area (TPSA) is 140 Å². The molecule has 0 heterocycles. The summed E-state index contributed by atoms with van der Waals surface area (Å²) in [5.41, 5.74) is 7.46. The van der Waals surface area contributed by atoms with E-state index in [9.17, 15) is 18.0 Å². The third kappa shape index (κ3) is 8.02. The van der Waals surface area contributed by atoms with Gasteiger partial charge >= 0.3 is 5.97 Å². The molecule has 0 aromatic heterocycles. The number of rotatable bonds is 9. The lowest BCUT2D eigenvalue weighted by Crippen LogP contribution is -2.31. The molecule has 1 atom stereocenters. The second kappa shape index (κ2) is 14.3. The Hall–Kier alpha value is -3.80. The number of ether oxygens (including phenoxy) is 1. The van der Waals surface area contributed by atoms with Gasteiger partial charge in [-0.3, -0.25) is 4.79 Å². The number of benzene rings is 4. The Balaban J connectivity index is 1.53. The number of nitrogens with one attached hydrogen (secondary N) is 2. The Labute approximate surface area is 273 Å². The van der Waals surface area contributed by atoms with Crippen LogP contribution in [0.15, 0.2) is 99.7 Å². The number of nitrogens with two attached hydrogens (primary N) is 1. The summed E-state index contributed by atoms with van der Waals surface area (Å²) in [5.74, 6) is -1.42.